The lowest BCUT2D eigenvalue weighted by atomic mass is 9.91. The molecule has 0 aromatic heterocycles. The maximum atomic E-state index is 13.7. The molecular formula is C27H31N3O3. The first kappa shape index (κ1) is 22.8. The van der Waals surface area contributed by atoms with Crippen molar-refractivity contribution in [3.8, 4) is 0 Å². The number of carbonyl (C=O) groups is 3. The van der Waals surface area contributed by atoms with Crippen LogP contribution in [0.1, 0.15) is 45.2 Å². The summed E-state index contributed by atoms with van der Waals surface area (Å²) in [5.41, 5.74) is 3.97. The van der Waals surface area contributed by atoms with Crippen LogP contribution < -0.4 is 10.2 Å². The number of piperidine rings is 1. The Labute approximate surface area is 195 Å². The van der Waals surface area contributed by atoms with Crippen LogP contribution in [0.3, 0.4) is 0 Å². The maximum Gasteiger partial charge on any atom is 0.282 e. The van der Waals surface area contributed by atoms with Gasteiger partial charge < -0.3 is 10.2 Å². The number of benzene rings is 2. The average Bonchev–Trinajstić information content (AvgIpc) is 3.03. The fraction of sp³-hybridized carbons (Fsp3) is 0.370. The molecule has 2 aliphatic rings. The second kappa shape index (κ2) is 9.22. The molecule has 0 spiro atoms. The standard InChI is InChI=1S/C27H31N3O3/c1-5-20-6-12-23(13-7-20)30-26(32)24(21-8-10-22(11-9-21)28-19(4)31)25(27(30)33)29-15-17(2)14-18(3)16-29/h6-13,17-18H,5,14-16H2,1-4H3,(H,28,31). The molecule has 6 heteroatoms. The highest BCUT2D eigenvalue weighted by Crippen LogP contribution is 2.37. The number of nitrogens with one attached hydrogen (secondary N) is 1. The molecule has 172 valence electrons. The molecule has 2 aliphatic heterocycles. The molecule has 3 amide bonds. The van der Waals surface area contributed by atoms with Crippen molar-refractivity contribution in [2.75, 3.05) is 23.3 Å². The van der Waals surface area contributed by atoms with E-state index in [1.165, 1.54) is 11.8 Å². The van der Waals surface area contributed by atoms with E-state index in [0.717, 1.165) is 31.5 Å². The van der Waals surface area contributed by atoms with Crippen molar-refractivity contribution in [1.29, 1.82) is 0 Å². The summed E-state index contributed by atoms with van der Waals surface area (Å²) in [4.78, 5) is 42.2. The summed E-state index contributed by atoms with van der Waals surface area (Å²) in [7, 11) is 0. The Hall–Kier alpha value is -3.41. The molecule has 33 heavy (non-hydrogen) atoms. The van der Waals surface area contributed by atoms with E-state index in [4.69, 9.17) is 0 Å². The van der Waals surface area contributed by atoms with Crippen LogP contribution in [-0.2, 0) is 20.8 Å². The van der Waals surface area contributed by atoms with E-state index in [1.54, 1.807) is 24.3 Å². The zero-order valence-corrected chi connectivity index (χ0v) is 19.7. The van der Waals surface area contributed by atoms with Crippen molar-refractivity contribution in [1.82, 2.24) is 4.90 Å². The number of imide groups is 1. The summed E-state index contributed by atoms with van der Waals surface area (Å²) in [6.07, 6.45) is 2.00. The highest BCUT2D eigenvalue weighted by Gasteiger charge is 2.43. The maximum absolute atomic E-state index is 13.7. The van der Waals surface area contributed by atoms with Crippen LogP contribution in [0.25, 0.3) is 5.57 Å². The van der Waals surface area contributed by atoms with E-state index in [2.05, 4.69) is 31.0 Å². The third-order valence-corrected chi connectivity index (χ3v) is 6.34. The highest BCUT2D eigenvalue weighted by atomic mass is 16.2. The van der Waals surface area contributed by atoms with Crippen LogP contribution in [0.15, 0.2) is 54.2 Å². The van der Waals surface area contributed by atoms with Crippen molar-refractivity contribution < 1.29 is 14.4 Å². The summed E-state index contributed by atoms with van der Waals surface area (Å²) in [6.45, 7) is 9.39. The number of carbonyl (C=O) groups excluding carboxylic acids is 3. The quantitative estimate of drug-likeness (QED) is 0.690. The molecule has 2 atom stereocenters. The molecule has 2 aromatic carbocycles. The van der Waals surface area contributed by atoms with Gasteiger partial charge in [-0.2, -0.15) is 0 Å². The Kier molecular flexibility index (Phi) is 6.36. The normalized spacial score (nSPS) is 21.1. The monoisotopic (exact) mass is 445 g/mol. The van der Waals surface area contributed by atoms with Crippen LogP contribution >= 0.6 is 0 Å². The van der Waals surface area contributed by atoms with Gasteiger partial charge in [-0.25, -0.2) is 4.90 Å². The molecule has 2 aromatic rings. The van der Waals surface area contributed by atoms with Crippen LogP contribution in [0.4, 0.5) is 11.4 Å². The Morgan fingerprint density at radius 3 is 2.09 bits per heavy atom. The fourth-order valence-electron chi connectivity index (χ4n) is 4.96. The molecule has 6 nitrogen and oxygen atoms in total. The van der Waals surface area contributed by atoms with Gasteiger partial charge in [0.1, 0.15) is 5.70 Å². The van der Waals surface area contributed by atoms with Crippen molar-refractivity contribution in [3.63, 3.8) is 0 Å². The molecule has 0 bridgehead atoms. The van der Waals surface area contributed by atoms with Crippen molar-refractivity contribution in [2.24, 2.45) is 11.8 Å². The number of amides is 3. The first-order chi connectivity index (χ1) is 15.8. The molecule has 2 heterocycles. The van der Waals surface area contributed by atoms with Gasteiger partial charge in [-0.1, -0.05) is 45.0 Å². The highest BCUT2D eigenvalue weighted by molar-refractivity contribution is 6.45. The molecule has 2 unspecified atom stereocenters. The lowest BCUT2D eigenvalue weighted by Gasteiger charge is -2.37. The fourth-order valence-corrected chi connectivity index (χ4v) is 4.96. The molecule has 1 N–H and O–H groups in total. The van der Waals surface area contributed by atoms with E-state index in [-0.39, 0.29) is 17.7 Å². The van der Waals surface area contributed by atoms with Gasteiger partial charge in [-0.05, 0) is 60.1 Å². The van der Waals surface area contributed by atoms with Crippen molar-refractivity contribution in [3.05, 3.63) is 65.4 Å². The average molecular weight is 446 g/mol. The van der Waals surface area contributed by atoms with E-state index >= 15 is 0 Å². The number of hydrogen-bond acceptors (Lipinski definition) is 4. The van der Waals surface area contributed by atoms with Crippen LogP contribution in [0.5, 0.6) is 0 Å². The summed E-state index contributed by atoms with van der Waals surface area (Å²) >= 11 is 0. The van der Waals surface area contributed by atoms with Gasteiger partial charge in [-0.3, -0.25) is 14.4 Å². The second-order valence-electron chi connectivity index (χ2n) is 9.30. The van der Waals surface area contributed by atoms with Gasteiger partial charge in [0.2, 0.25) is 5.91 Å². The zero-order chi connectivity index (χ0) is 23.7. The summed E-state index contributed by atoms with van der Waals surface area (Å²) in [5, 5.41) is 2.75. The van der Waals surface area contributed by atoms with Crippen molar-refractivity contribution in [2.45, 2.75) is 40.5 Å². The predicted octanol–water partition coefficient (Wildman–Crippen LogP) is 4.47. The number of hydrogen-bond donors (Lipinski definition) is 1. The molecule has 4 rings (SSSR count). The summed E-state index contributed by atoms with van der Waals surface area (Å²) in [6, 6.07) is 14.7. The molecule has 1 fully saturated rings. The van der Waals surface area contributed by atoms with Crippen LogP contribution in [0.2, 0.25) is 0 Å². The molecular weight excluding hydrogens is 414 g/mol. The predicted molar refractivity (Wildman–Crippen MR) is 130 cm³/mol. The van der Waals surface area contributed by atoms with Crippen molar-refractivity contribution >= 4 is 34.7 Å². The van der Waals surface area contributed by atoms with Gasteiger partial charge in [-0.15, -0.1) is 0 Å². The van der Waals surface area contributed by atoms with Gasteiger partial charge in [0.05, 0.1) is 11.3 Å². The SMILES string of the molecule is CCc1ccc(N2C(=O)C(c3ccc(NC(C)=O)cc3)=C(N3CC(C)CC(C)C3)C2=O)cc1. The first-order valence-electron chi connectivity index (χ1n) is 11.6. The van der Waals surface area contributed by atoms with Gasteiger partial charge >= 0.3 is 0 Å². The topological polar surface area (TPSA) is 69.7 Å². The molecule has 0 saturated carbocycles. The van der Waals surface area contributed by atoms with E-state index in [0.29, 0.717) is 40.0 Å². The minimum Gasteiger partial charge on any atom is -0.366 e. The molecule has 0 radical (unpaired) electrons. The van der Waals surface area contributed by atoms with Gasteiger partial charge in [0.15, 0.2) is 0 Å². The number of likely N-dealkylation sites (tertiary alicyclic amines) is 1. The number of rotatable bonds is 5. The Morgan fingerprint density at radius 2 is 1.55 bits per heavy atom. The Bertz CT molecular complexity index is 1090. The van der Waals surface area contributed by atoms with E-state index in [1.807, 2.05) is 24.3 Å². The molecule has 0 aliphatic carbocycles. The second-order valence-corrected chi connectivity index (χ2v) is 9.30. The Morgan fingerprint density at radius 1 is 0.939 bits per heavy atom. The summed E-state index contributed by atoms with van der Waals surface area (Å²) in [5.74, 6) is 0.132. The van der Waals surface area contributed by atoms with Crippen LogP contribution in [0, 0.1) is 11.8 Å². The smallest absolute Gasteiger partial charge is 0.282 e. The van der Waals surface area contributed by atoms with E-state index < -0.39 is 0 Å². The first-order valence-corrected chi connectivity index (χ1v) is 11.6. The summed E-state index contributed by atoms with van der Waals surface area (Å²) < 4.78 is 0. The number of nitrogens with zero attached hydrogens (tertiary/aromatic N) is 2. The Balaban J connectivity index is 1.77. The largest absolute Gasteiger partial charge is 0.366 e. The third-order valence-electron chi connectivity index (χ3n) is 6.34. The third kappa shape index (κ3) is 4.56. The zero-order valence-electron chi connectivity index (χ0n) is 19.7. The van der Waals surface area contributed by atoms with Crippen LogP contribution in [-0.4, -0.2) is 35.7 Å². The minimum absolute atomic E-state index is 0.159. The number of anilines is 2. The molecule has 1 saturated heterocycles. The van der Waals surface area contributed by atoms with Gasteiger partial charge in [0.25, 0.3) is 11.8 Å². The number of aryl methyl sites for hydroxylation is 1. The minimum atomic E-state index is -0.308. The lowest BCUT2D eigenvalue weighted by molar-refractivity contribution is -0.121. The van der Waals surface area contributed by atoms with Gasteiger partial charge in [0, 0.05) is 25.7 Å². The van der Waals surface area contributed by atoms with E-state index in [9.17, 15) is 14.4 Å². The lowest BCUT2D eigenvalue weighted by Crippen LogP contribution is -2.42.